The summed E-state index contributed by atoms with van der Waals surface area (Å²) >= 11 is 1.54. The van der Waals surface area contributed by atoms with Crippen molar-refractivity contribution in [3.8, 4) is 11.3 Å². The number of nitrogens with one attached hydrogen (secondary N) is 1. The van der Waals surface area contributed by atoms with E-state index in [1.54, 1.807) is 23.5 Å². The lowest BCUT2D eigenvalue weighted by Crippen LogP contribution is -2.01. The molecular weight excluding hydrogens is 368 g/mol. The van der Waals surface area contributed by atoms with Crippen LogP contribution >= 0.6 is 11.3 Å². The lowest BCUT2D eigenvalue weighted by atomic mass is 10.0. The molecule has 28 heavy (non-hydrogen) atoms. The second-order valence-electron chi connectivity index (χ2n) is 6.74. The van der Waals surface area contributed by atoms with Gasteiger partial charge in [0, 0.05) is 16.6 Å². The molecular formula is C23H26N2O2S. The molecule has 0 saturated carbocycles. The van der Waals surface area contributed by atoms with Gasteiger partial charge in [0.05, 0.1) is 18.4 Å². The highest BCUT2D eigenvalue weighted by Crippen LogP contribution is 2.28. The van der Waals surface area contributed by atoms with Crippen LogP contribution in [0, 0.1) is 0 Å². The maximum absolute atomic E-state index is 11.7. The number of methoxy groups -OCH3 is 1. The third kappa shape index (κ3) is 5.42. The van der Waals surface area contributed by atoms with Gasteiger partial charge in [0.2, 0.25) is 0 Å². The number of unbranched alkanes of at least 4 members (excludes halogenated alkanes) is 3. The monoisotopic (exact) mass is 394 g/mol. The number of rotatable bonds is 9. The van der Waals surface area contributed by atoms with E-state index in [9.17, 15) is 4.79 Å². The van der Waals surface area contributed by atoms with Gasteiger partial charge in [-0.05, 0) is 36.6 Å². The molecule has 0 amide bonds. The SMILES string of the molecule is CCCCCCc1ccc(-c2csc(Nc3cccc(C(=O)OC)c3)n2)cc1. The van der Waals surface area contributed by atoms with Crippen LogP contribution in [0.15, 0.2) is 53.9 Å². The van der Waals surface area contributed by atoms with Crippen molar-refractivity contribution in [2.45, 2.75) is 39.0 Å². The summed E-state index contributed by atoms with van der Waals surface area (Å²) < 4.78 is 4.77. The van der Waals surface area contributed by atoms with Crippen LogP contribution < -0.4 is 5.32 Å². The van der Waals surface area contributed by atoms with Crippen LogP contribution in [-0.2, 0) is 11.2 Å². The number of anilines is 2. The van der Waals surface area contributed by atoms with E-state index in [1.165, 1.54) is 38.4 Å². The van der Waals surface area contributed by atoms with Crippen molar-refractivity contribution in [2.75, 3.05) is 12.4 Å². The summed E-state index contributed by atoms with van der Waals surface area (Å²) in [5.74, 6) is -0.349. The predicted molar refractivity (Wildman–Crippen MR) is 116 cm³/mol. The van der Waals surface area contributed by atoms with Gasteiger partial charge in [-0.2, -0.15) is 0 Å². The van der Waals surface area contributed by atoms with Gasteiger partial charge < -0.3 is 10.1 Å². The van der Waals surface area contributed by atoms with Crippen molar-refractivity contribution in [3.63, 3.8) is 0 Å². The predicted octanol–water partition coefficient (Wildman–Crippen LogP) is 6.46. The molecule has 3 aromatic rings. The van der Waals surface area contributed by atoms with Gasteiger partial charge in [-0.1, -0.05) is 56.5 Å². The van der Waals surface area contributed by atoms with Crippen LogP contribution in [0.1, 0.15) is 48.5 Å². The molecule has 0 aliphatic heterocycles. The molecule has 0 spiro atoms. The maximum Gasteiger partial charge on any atom is 0.337 e. The standard InChI is InChI=1S/C23H26N2O2S/c1-3-4-5-6-8-17-11-13-18(14-12-17)21-16-28-23(25-21)24-20-10-7-9-19(15-20)22(26)27-2/h7,9-16H,3-6,8H2,1-2H3,(H,24,25). The second kappa shape index (κ2) is 10.0. The minimum atomic E-state index is -0.349. The molecule has 0 unspecified atom stereocenters. The first-order valence-corrected chi connectivity index (χ1v) is 10.6. The van der Waals surface area contributed by atoms with Crippen molar-refractivity contribution in [1.29, 1.82) is 0 Å². The molecule has 146 valence electrons. The Hall–Kier alpha value is -2.66. The molecule has 0 fully saturated rings. The van der Waals surface area contributed by atoms with E-state index in [4.69, 9.17) is 4.74 Å². The van der Waals surface area contributed by atoms with Crippen LogP contribution in [0.25, 0.3) is 11.3 Å². The first-order chi connectivity index (χ1) is 13.7. The highest BCUT2D eigenvalue weighted by molar-refractivity contribution is 7.14. The van der Waals surface area contributed by atoms with Crippen LogP contribution in [0.3, 0.4) is 0 Å². The Balaban J connectivity index is 1.63. The number of hydrogen-bond donors (Lipinski definition) is 1. The van der Waals surface area contributed by atoms with E-state index in [-0.39, 0.29) is 5.97 Å². The zero-order valence-corrected chi connectivity index (χ0v) is 17.2. The van der Waals surface area contributed by atoms with E-state index >= 15 is 0 Å². The Morgan fingerprint density at radius 1 is 1.11 bits per heavy atom. The summed E-state index contributed by atoms with van der Waals surface area (Å²) in [6, 6.07) is 15.9. The molecule has 0 atom stereocenters. The molecule has 0 aliphatic carbocycles. The number of benzene rings is 2. The fourth-order valence-electron chi connectivity index (χ4n) is 3.03. The summed E-state index contributed by atoms with van der Waals surface area (Å²) in [5, 5.41) is 6.10. The molecule has 0 saturated heterocycles. The Morgan fingerprint density at radius 3 is 2.68 bits per heavy atom. The molecule has 4 nitrogen and oxygen atoms in total. The van der Waals surface area contributed by atoms with Crippen molar-refractivity contribution < 1.29 is 9.53 Å². The molecule has 1 heterocycles. The largest absolute Gasteiger partial charge is 0.465 e. The minimum absolute atomic E-state index is 0.349. The summed E-state index contributed by atoms with van der Waals surface area (Å²) in [6.07, 6.45) is 6.28. The van der Waals surface area contributed by atoms with Gasteiger partial charge in [0.1, 0.15) is 0 Å². The Bertz CT molecular complexity index is 903. The molecule has 3 rings (SSSR count). The minimum Gasteiger partial charge on any atom is -0.465 e. The maximum atomic E-state index is 11.7. The van der Waals surface area contributed by atoms with Crippen LogP contribution in [0.4, 0.5) is 10.8 Å². The van der Waals surface area contributed by atoms with E-state index in [0.717, 1.165) is 28.5 Å². The average Bonchev–Trinajstić information content (AvgIpc) is 3.19. The van der Waals surface area contributed by atoms with Crippen molar-refractivity contribution in [2.24, 2.45) is 0 Å². The highest BCUT2D eigenvalue weighted by atomic mass is 32.1. The van der Waals surface area contributed by atoms with Gasteiger partial charge in [0.15, 0.2) is 5.13 Å². The van der Waals surface area contributed by atoms with Crippen molar-refractivity contribution >= 4 is 28.1 Å². The number of carbonyl (C=O) groups excluding carboxylic acids is 1. The zero-order chi connectivity index (χ0) is 19.8. The number of ether oxygens (including phenoxy) is 1. The lowest BCUT2D eigenvalue weighted by molar-refractivity contribution is 0.0601. The Labute approximate surface area is 170 Å². The van der Waals surface area contributed by atoms with Gasteiger partial charge in [-0.15, -0.1) is 11.3 Å². The molecule has 0 aliphatic rings. The van der Waals surface area contributed by atoms with Crippen molar-refractivity contribution in [3.05, 3.63) is 65.0 Å². The number of aryl methyl sites for hydroxylation is 1. The van der Waals surface area contributed by atoms with Crippen LogP contribution in [0.2, 0.25) is 0 Å². The highest BCUT2D eigenvalue weighted by Gasteiger charge is 2.08. The first kappa shape index (κ1) is 20.1. The quantitative estimate of drug-likeness (QED) is 0.334. The van der Waals surface area contributed by atoms with Gasteiger partial charge in [0.25, 0.3) is 0 Å². The van der Waals surface area contributed by atoms with E-state index in [0.29, 0.717) is 5.56 Å². The number of nitrogens with zero attached hydrogens (tertiary/aromatic N) is 1. The topological polar surface area (TPSA) is 51.2 Å². The number of aromatic nitrogens is 1. The van der Waals surface area contributed by atoms with Crippen LogP contribution in [0.5, 0.6) is 0 Å². The number of carbonyl (C=O) groups is 1. The summed E-state index contributed by atoms with van der Waals surface area (Å²) in [5.41, 5.74) is 4.78. The van der Waals surface area contributed by atoms with E-state index in [1.807, 2.05) is 17.5 Å². The fraction of sp³-hybridized carbons (Fsp3) is 0.304. The fourth-order valence-corrected chi connectivity index (χ4v) is 3.77. The summed E-state index contributed by atoms with van der Waals surface area (Å²) in [6.45, 7) is 2.24. The average molecular weight is 395 g/mol. The normalized spacial score (nSPS) is 10.6. The molecule has 5 heteroatoms. The third-order valence-corrected chi connectivity index (χ3v) is 5.37. The van der Waals surface area contributed by atoms with E-state index in [2.05, 4.69) is 41.5 Å². The molecule has 1 N–H and O–H groups in total. The lowest BCUT2D eigenvalue weighted by Gasteiger charge is -2.05. The van der Waals surface area contributed by atoms with Crippen LogP contribution in [-0.4, -0.2) is 18.1 Å². The second-order valence-corrected chi connectivity index (χ2v) is 7.60. The summed E-state index contributed by atoms with van der Waals surface area (Å²) in [7, 11) is 1.38. The molecule has 1 aromatic heterocycles. The molecule has 0 radical (unpaired) electrons. The third-order valence-electron chi connectivity index (χ3n) is 4.61. The smallest absolute Gasteiger partial charge is 0.337 e. The molecule has 2 aromatic carbocycles. The zero-order valence-electron chi connectivity index (χ0n) is 16.4. The number of hydrogen-bond acceptors (Lipinski definition) is 5. The van der Waals surface area contributed by atoms with Gasteiger partial charge in [-0.3, -0.25) is 0 Å². The van der Waals surface area contributed by atoms with E-state index < -0.39 is 0 Å². The molecule has 0 bridgehead atoms. The number of esters is 1. The van der Waals surface area contributed by atoms with Gasteiger partial charge >= 0.3 is 5.97 Å². The Morgan fingerprint density at radius 2 is 1.93 bits per heavy atom. The summed E-state index contributed by atoms with van der Waals surface area (Å²) in [4.78, 5) is 16.3. The van der Waals surface area contributed by atoms with Crippen molar-refractivity contribution in [1.82, 2.24) is 4.98 Å². The number of thiazole rings is 1. The Kier molecular flexibility index (Phi) is 7.20. The first-order valence-electron chi connectivity index (χ1n) is 9.70. The van der Waals surface area contributed by atoms with Gasteiger partial charge in [-0.25, -0.2) is 9.78 Å².